The Bertz CT molecular complexity index is 1280. The van der Waals surface area contributed by atoms with Crippen LogP contribution in [0.25, 0.3) is 5.69 Å². The summed E-state index contributed by atoms with van der Waals surface area (Å²) in [5.74, 6) is 0.541. The normalized spacial score (nSPS) is 10.9. The van der Waals surface area contributed by atoms with Crippen LogP contribution in [0.1, 0.15) is 27.3 Å². The smallest absolute Gasteiger partial charge is 0.251 e. The fourth-order valence-electron chi connectivity index (χ4n) is 3.10. The predicted octanol–water partition coefficient (Wildman–Crippen LogP) is 6.24. The lowest BCUT2D eigenvalue weighted by Gasteiger charge is -2.13. The van der Waals surface area contributed by atoms with Gasteiger partial charge in [0.15, 0.2) is 11.0 Å². The topological polar surface area (TPSA) is 59.8 Å². The molecule has 4 rings (SSSR count). The Labute approximate surface area is 204 Å². The summed E-state index contributed by atoms with van der Waals surface area (Å²) in [4.78, 5) is 12.6. The highest BCUT2D eigenvalue weighted by Gasteiger charge is 2.18. The van der Waals surface area contributed by atoms with Crippen molar-refractivity contribution in [2.75, 3.05) is 0 Å². The van der Waals surface area contributed by atoms with Gasteiger partial charge in [0.25, 0.3) is 5.91 Å². The highest BCUT2D eigenvalue weighted by atomic mass is 35.5. The minimum Gasteiger partial charge on any atom is -0.345 e. The predicted molar refractivity (Wildman–Crippen MR) is 130 cm³/mol. The Morgan fingerprint density at radius 2 is 1.76 bits per heavy atom. The molecule has 0 fully saturated rings. The van der Waals surface area contributed by atoms with E-state index in [9.17, 15) is 9.18 Å². The highest BCUT2D eigenvalue weighted by Crippen LogP contribution is 2.31. The quantitative estimate of drug-likeness (QED) is 0.305. The van der Waals surface area contributed by atoms with Crippen LogP contribution in [-0.4, -0.2) is 20.7 Å². The molecule has 0 aliphatic rings. The molecule has 1 amide bonds. The van der Waals surface area contributed by atoms with Crippen molar-refractivity contribution in [2.45, 2.75) is 24.4 Å². The van der Waals surface area contributed by atoms with Crippen LogP contribution in [0.4, 0.5) is 4.39 Å². The summed E-state index contributed by atoms with van der Waals surface area (Å²) in [7, 11) is 0. The summed E-state index contributed by atoms with van der Waals surface area (Å²) >= 11 is 14.1. The average Bonchev–Trinajstić information content (AvgIpc) is 3.21. The Hall–Kier alpha value is -2.87. The number of nitrogens with one attached hydrogen (secondary N) is 1. The molecule has 168 valence electrons. The van der Waals surface area contributed by atoms with Crippen molar-refractivity contribution in [3.63, 3.8) is 0 Å². The van der Waals surface area contributed by atoms with E-state index < -0.39 is 0 Å². The molecule has 0 bridgehead atoms. The van der Waals surface area contributed by atoms with Gasteiger partial charge in [0.1, 0.15) is 5.82 Å². The molecule has 0 aliphatic heterocycles. The van der Waals surface area contributed by atoms with Gasteiger partial charge in [-0.25, -0.2) is 4.39 Å². The first-order valence-electron chi connectivity index (χ1n) is 10.0. The number of halogens is 3. The molecule has 9 heteroatoms. The first-order chi connectivity index (χ1) is 15.9. The fourth-order valence-corrected chi connectivity index (χ4v) is 4.39. The molecule has 3 aromatic carbocycles. The molecule has 1 N–H and O–H groups in total. The molecule has 0 saturated carbocycles. The van der Waals surface area contributed by atoms with Crippen LogP contribution in [0.5, 0.6) is 0 Å². The third-order valence-corrected chi connectivity index (χ3v) is 6.41. The van der Waals surface area contributed by atoms with E-state index in [0.29, 0.717) is 38.0 Å². The van der Waals surface area contributed by atoms with E-state index in [2.05, 4.69) is 15.5 Å². The van der Waals surface area contributed by atoms with Gasteiger partial charge in [-0.3, -0.25) is 9.36 Å². The molecule has 0 unspecified atom stereocenters. The molecule has 0 atom stereocenters. The summed E-state index contributed by atoms with van der Waals surface area (Å²) in [5.41, 5.74) is 3.17. The first kappa shape index (κ1) is 23.3. The van der Waals surface area contributed by atoms with Gasteiger partial charge in [0, 0.05) is 16.3 Å². The second-order valence-corrected chi connectivity index (χ2v) is 9.08. The average molecular weight is 501 g/mol. The van der Waals surface area contributed by atoms with Crippen molar-refractivity contribution < 1.29 is 9.18 Å². The lowest BCUT2D eigenvalue weighted by molar-refractivity contribution is 0.0949. The summed E-state index contributed by atoms with van der Waals surface area (Å²) in [5, 5.41) is 13.0. The van der Waals surface area contributed by atoms with Crippen molar-refractivity contribution in [2.24, 2.45) is 0 Å². The van der Waals surface area contributed by atoms with E-state index in [0.717, 1.165) is 11.1 Å². The van der Waals surface area contributed by atoms with Gasteiger partial charge in [-0.15, -0.1) is 10.2 Å². The van der Waals surface area contributed by atoms with Crippen LogP contribution in [0.2, 0.25) is 10.0 Å². The number of aromatic nitrogens is 3. The third kappa shape index (κ3) is 5.74. The second-order valence-electron chi connectivity index (χ2n) is 7.29. The Balaban J connectivity index is 1.60. The number of hydrogen-bond donors (Lipinski definition) is 1. The molecule has 0 spiro atoms. The Morgan fingerprint density at radius 1 is 1.03 bits per heavy atom. The second kappa shape index (κ2) is 10.4. The number of hydrogen-bond acceptors (Lipinski definition) is 4. The number of rotatable bonds is 7. The van der Waals surface area contributed by atoms with Crippen LogP contribution < -0.4 is 5.32 Å². The number of benzene rings is 3. The Morgan fingerprint density at radius 3 is 2.48 bits per heavy atom. The van der Waals surface area contributed by atoms with Gasteiger partial charge in [0.2, 0.25) is 0 Å². The van der Waals surface area contributed by atoms with Gasteiger partial charge in [-0.2, -0.15) is 0 Å². The summed E-state index contributed by atoms with van der Waals surface area (Å²) in [6, 6.07) is 18.7. The zero-order valence-corrected chi connectivity index (χ0v) is 19.9. The van der Waals surface area contributed by atoms with Gasteiger partial charge < -0.3 is 5.32 Å². The standard InChI is InChI=1S/C24H19Cl2FN4OS/c1-15-2-6-17(7-3-15)23(32)28-13-22-29-30-24(33-14-16-4-9-19(27)10-5-16)31(22)21-12-18(25)8-11-20(21)26/h2-12H,13-14H2,1H3,(H,28,32). The molecule has 0 radical (unpaired) electrons. The zero-order valence-electron chi connectivity index (χ0n) is 17.6. The van der Waals surface area contributed by atoms with E-state index in [1.165, 1.54) is 23.9 Å². The monoisotopic (exact) mass is 500 g/mol. The molecule has 5 nitrogen and oxygen atoms in total. The van der Waals surface area contributed by atoms with Gasteiger partial charge in [-0.1, -0.05) is 64.8 Å². The van der Waals surface area contributed by atoms with Crippen LogP contribution in [0.15, 0.2) is 71.9 Å². The number of amides is 1. The summed E-state index contributed by atoms with van der Waals surface area (Å²) < 4.78 is 15.0. The molecule has 1 aromatic heterocycles. The molecular weight excluding hydrogens is 482 g/mol. The van der Waals surface area contributed by atoms with E-state index >= 15 is 0 Å². The zero-order chi connectivity index (χ0) is 23.4. The molecule has 0 saturated heterocycles. The van der Waals surface area contributed by atoms with Crippen molar-refractivity contribution in [1.29, 1.82) is 0 Å². The lowest BCUT2D eigenvalue weighted by atomic mass is 10.1. The highest BCUT2D eigenvalue weighted by molar-refractivity contribution is 7.98. The van der Waals surface area contributed by atoms with Gasteiger partial charge >= 0.3 is 0 Å². The maximum Gasteiger partial charge on any atom is 0.251 e. The number of aryl methyl sites for hydroxylation is 1. The van der Waals surface area contributed by atoms with Crippen LogP contribution >= 0.6 is 35.0 Å². The minimum atomic E-state index is -0.288. The van der Waals surface area contributed by atoms with Gasteiger partial charge in [-0.05, 0) is 55.0 Å². The molecule has 4 aromatic rings. The van der Waals surface area contributed by atoms with Gasteiger partial charge in [0.05, 0.1) is 17.3 Å². The van der Waals surface area contributed by atoms with E-state index in [1.54, 1.807) is 47.0 Å². The maximum absolute atomic E-state index is 13.2. The first-order valence-corrected chi connectivity index (χ1v) is 11.8. The van der Waals surface area contributed by atoms with Crippen LogP contribution in [0.3, 0.4) is 0 Å². The molecular formula is C24H19Cl2FN4OS. The number of carbonyl (C=O) groups is 1. The van der Waals surface area contributed by atoms with Crippen LogP contribution in [-0.2, 0) is 12.3 Å². The summed E-state index contributed by atoms with van der Waals surface area (Å²) in [6.07, 6.45) is 0. The molecule has 33 heavy (non-hydrogen) atoms. The van der Waals surface area contributed by atoms with Crippen molar-refractivity contribution in [3.05, 3.63) is 105 Å². The van der Waals surface area contributed by atoms with E-state index in [1.807, 2.05) is 19.1 Å². The SMILES string of the molecule is Cc1ccc(C(=O)NCc2nnc(SCc3ccc(F)cc3)n2-c2cc(Cl)ccc2Cl)cc1. The van der Waals surface area contributed by atoms with E-state index in [-0.39, 0.29) is 18.3 Å². The summed E-state index contributed by atoms with van der Waals surface area (Å²) in [6.45, 7) is 2.10. The number of carbonyl (C=O) groups excluding carboxylic acids is 1. The minimum absolute atomic E-state index is 0.139. The molecule has 1 heterocycles. The van der Waals surface area contributed by atoms with Crippen molar-refractivity contribution in [3.8, 4) is 5.69 Å². The fraction of sp³-hybridized carbons (Fsp3) is 0.125. The van der Waals surface area contributed by atoms with E-state index in [4.69, 9.17) is 23.2 Å². The Kier molecular flexibility index (Phi) is 7.33. The maximum atomic E-state index is 13.2. The third-order valence-electron chi connectivity index (χ3n) is 4.85. The molecule has 0 aliphatic carbocycles. The number of thioether (sulfide) groups is 1. The van der Waals surface area contributed by atoms with Crippen molar-refractivity contribution >= 4 is 40.9 Å². The number of nitrogens with zero attached hydrogens (tertiary/aromatic N) is 3. The lowest BCUT2D eigenvalue weighted by Crippen LogP contribution is -2.24. The van der Waals surface area contributed by atoms with Crippen molar-refractivity contribution in [1.82, 2.24) is 20.1 Å². The van der Waals surface area contributed by atoms with Crippen LogP contribution in [0, 0.1) is 12.7 Å². The largest absolute Gasteiger partial charge is 0.345 e.